The smallest absolute Gasteiger partial charge is 0.268 e. The van der Waals surface area contributed by atoms with Gasteiger partial charge in [0.05, 0.1) is 16.6 Å². The van der Waals surface area contributed by atoms with Crippen LogP contribution in [0.2, 0.25) is 0 Å². The van der Waals surface area contributed by atoms with Crippen molar-refractivity contribution in [3.05, 3.63) is 64.2 Å². The molecule has 3 aromatic rings. The number of aldehydes is 1. The fourth-order valence-electron chi connectivity index (χ4n) is 3.53. The Bertz CT molecular complexity index is 1020. The summed E-state index contributed by atoms with van der Waals surface area (Å²) in [6.45, 7) is 4.90. The van der Waals surface area contributed by atoms with Crippen LogP contribution in [-0.4, -0.2) is 22.4 Å². The van der Waals surface area contributed by atoms with Gasteiger partial charge >= 0.3 is 0 Å². The maximum absolute atomic E-state index is 13.5. The van der Waals surface area contributed by atoms with E-state index in [1.165, 1.54) is 0 Å². The molecule has 0 atom stereocenters. The summed E-state index contributed by atoms with van der Waals surface area (Å²) in [5, 5.41) is 4.03. The van der Waals surface area contributed by atoms with Gasteiger partial charge in [-0.05, 0) is 50.5 Å². The summed E-state index contributed by atoms with van der Waals surface area (Å²) in [7, 11) is 0. The van der Waals surface area contributed by atoms with Crippen LogP contribution in [-0.2, 0) is 11.2 Å². The fourth-order valence-corrected chi connectivity index (χ4v) is 3.53. The van der Waals surface area contributed by atoms with Gasteiger partial charge in [-0.3, -0.25) is 9.36 Å². The molecule has 1 N–H and O–H groups in total. The monoisotopic (exact) mass is 391 g/mol. The van der Waals surface area contributed by atoms with Crippen LogP contribution in [0, 0.1) is 6.92 Å². The van der Waals surface area contributed by atoms with Gasteiger partial charge < -0.3 is 10.1 Å². The number of aromatic nitrogens is 2. The molecule has 1 aromatic heterocycles. The molecule has 5 heteroatoms. The predicted molar refractivity (Wildman–Crippen MR) is 119 cm³/mol. The van der Waals surface area contributed by atoms with Gasteiger partial charge in [0.2, 0.25) is 0 Å². The molecule has 0 fully saturated rings. The molecular weight excluding hydrogens is 362 g/mol. The number of carbonyl (C=O) groups excluding carboxylic acids is 1. The van der Waals surface area contributed by atoms with Gasteiger partial charge in [-0.1, -0.05) is 37.1 Å². The Morgan fingerprint density at radius 3 is 2.59 bits per heavy atom. The van der Waals surface area contributed by atoms with Gasteiger partial charge in [0.25, 0.3) is 5.56 Å². The van der Waals surface area contributed by atoms with Crippen LogP contribution >= 0.6 is 0 Å². The highest BCUT2D eigenvalue weighted by Crippen LogP contribution is 2.21. The number of nitrogens with one attached hydrogen (secondary N) is 1. The molecule has 0 saturated carbocycles. The first-order valence-corrected chi connectivity index (χ1v) is 10.4. The second-order valence-corrected chi connectivity index (χ2v) is 7.40. The number of fused-ring (bicyclic) bond motifs is 1. The molecule has 2 aromatic carbocycles. The molecule has 0 bridgehead atoms. The second-order valence-electron chi connectivity index (χ2n) is 7.40. The van der Waals surface area contributed by atoms with E-state index in [2.05, 4.69) is 12.2 Å². The second kappa shape index (κ2) is 10.0. The molecule has 0 saturated heterocycles. The summed E-state index contributed by atoms with van der Waals surface area (Å²) < 4.78 is 1.75. The molecule has 5 nitrogen and oxygen atoms in total. The van der Waals surface area contributed by atoms with Crippen molar-refractivity contribution in [2.75, 3.05) is 11.9 Å². The molecule has 0 spiro atoms. The molecule has 0 radical (unpaired) electrons. The highest BCUT2D eigenvalue weighted by atomic mass is 16.1. The Balaban J connectivity index is 2.00. The summed E-state index contributed by atoms with van der Waals surface area (Å²) in [5.41, 5.74) is 3.52. The average molecular weight is 392 g/mol. The van der Waals surface area contributed by atoms with Crippen LogP contribution in [0.15, 0.2) is 47.3 Å². The van der Waals surface area contributed by atoms with Crippen molar-refractivity contribution < 1.29 is 4.79 Å². The molecule has 0 unspecified atom stereocenters. The summed E-state index contributed by atoms with van der Waals surface area (Å²) in [6.07, 6.45) is 6.09. The zero-order chi connectivity index (χ0) is 20.6. The van der Waals surface area contributed by atoms with E-state index in [1.807, 2.05) is 49.4 Å². The Hall–Kier alpha value is -2.95. The van der Waals surface area contributed by atoms with Gasteiger partial charge in [0, 0.05) is 25.1 Å². The van der Waals surface area contributed by atoms with Crippen molar-refractivity contribution in [3.8, 4) is 5.69 Å². The highest BCUT2D eigenvalue weighted by molar-refractivity contribution is 5.90. The topological polar surface area (TPSA) is 64.0 Å². The first-order chi connectivity index (χ1) is 14.2. The maximum Gasteiger partial charge on any atom is 0.268 e. The van der Waals surface area contributed by atoms with Gasteiger partial charge in [-0.25, -0.2) is 4.98 Å². The zero-order valence-corrected chi connectivity index (χ0v) is 17.3. The quantitative estimate of drug-likeness (QED) is 0.398. The number of aryl methyl sites for hydroxylation is 2. The van der Waals surface area contributed by atoms with E-state index in [0.29, 0.717) is 11.8 Å². The van der Waals surface area contributed by atoms with Crippen molar-refractivity contribution in [3.63, 3.8) is 0 Å². The number of anilines is 1. The highest BCUT2D eigenvalue weighted by Gasteiger charge is 2.15. The van der Waals surface area contributed by atoms with Crippen LogP contribution in [0.5, 0.6) is 0 Å². The lowest BCUT2D eigenvalue weighted by Gasteiger charge is -2.16. The third-order valence-electron chi connectivity index (χ3n) is 5.05. The van der Waals surface area contributed by atoms with Crippen LogP contribution in [0.1, 0.15) is 50.4 Å². The first-order valence-electron chi connectivity index (χ1n) is 10.4. The molecule has 0 amide bonds. The minimum absolute atomic E-state index is 0.0358. The zero-order valence-electron chi connectivity index (χ0n) is 17.3. The molecule has 3 rings (SSSR count). The van der Waals surface area contributed by atoms with Gasteiger partial charge in [-0.15, -0.1) is 0 Å². The Labute approximate surface area is 171 Å². The number of carbonyl (C=O) groups is 1. The fraction of sp³-hybridized carbons (Fsp3) is 0.375. The van der Waals surface area contributed by atoms with Gasteiger partial charge in [-0.2, -0.15) is 0 Å². The normalized spacial score (nSPS) is 11.0. The lowest BCUT2D eigenvalue weighted by Crippen LogP contribution is -2.25. The van der Waals surface area contributed by atoms with E-state index in [9.17, 15) is 9.59 Å². The third kappa shape index (κ3) is 4.91. The summed E-state index contributed by atoms with van der Waals surface area (Å²) in [5.74, 6) is 0.792. The summed E-state index contributed by atoms with van der Waals surface area (Å²) >= 11 is 0. The molecule has 1 heterocycles. The Morgan fingerprint density at radius 2 is 1.86 bits per heavy atom. The molecule has 0 aliphatic heterocycles. The van der Waals surface area contributed by atoms with Crippen molar-refractivity contribution in [1.29, 1.82) is 0 Å². The third-order valence-corrected chi connectivity index (χ3v) is 5.05. The minimum atomic E-state index is -0.0358. The van der Waals surface area contributed by atoms with E-state index in [0.717, 1.165) is 73.2 Å². The number of unbranched alkanes of at least 4 members (excludes halogenated alkanes) is 3. The molecule has 0 aliphatic carbocycles. The van der Waals surface area contributed by atoms with Crippen molar-refractivity contribution in [2.24, 2.45) is 0 Å². The predicted octanol–water partition coefficient (Wildman–Crippen LogP) is 4.82. The lowest BCUT2D eigenvalue weighted by molar-refractivity contribution is -0.107. The van der Waals surface area contributed by atoms with Gasteiger partial charge in [0.1, 0.15) is 12.1 Å². The van der Waals surface area contributed by atoms with Crippen molar-refractivity contribution in [1.82, 2.24) is 9.55 Å². The molecule has 152 valence electrons. The lowest BCUT2D eigenvalue weighted by atomic mass is 10.1. The molecular formula is C24H29N3O2. The van der Waals surface area contributed by atoms with E-state index in [-0.39, 0.29) is 5.56 Å². The number of benzene rings is 2. The molecule has 0 aliphatic rings. The Morgan fingerprint density at radius 1 is 1.07 bits per heavy atom. The number of hydrogen-bond donors (Lipinski definition) is 1. The SMILES string of the molecule is CCCc1nc2cccc(NCCCCCC=O)c2c(=O)n1-c1ccc(C)cc1. The van der Waals surface area contributed by atoms with Crippen LogP contribution in [0.4, 0.5) is 5.69 Å². The number of rotatable bonds is 10. The molecule has 29 heavy (non-hydrogen) atoms. The van der Waals surface area contributed by atoms with Crippen LogP contribution < -0.4 is 10.9 Å². The largest absolute Gasteiger partial charge is 0.384 e. The summed E-state index contributed by atoms with van der Waals surface area (Å²) in [4.78, 5) is 28.8. The van der Waals surface area contributed by atoms with Gasteiger partial charge in [0.15, 0.2) is 0 Å². The average Bonchev–Trinajstić information content (AvgIpc) is 2.72. The number of hydrogen-bond acceptors (Lipinski definition) is 4. The number of nitrogens with zero attached hydrogens (tertiary/aromatic N) is 2. The maximum atomic E-state index is 13.5. The van der Waals surface area contributed by atoms with E-state index in [4.69, 9.17) is 4.98 Å². The Kier molecular flexibility index (Phi) is 7.17. The first kappa shape index (κ1) is 20.8. The van der Waals surface area contributed by atoms with E-state index < -0.39 is 0 Å². The standard InChI is InChI=1S/C24H29N3O2/c1-3-9-22-26-21-11-8-10-20(25-16-6-4-5-7-17-28)23(21)24(29)27(22)19-14-12-18(2)13-15-19/h8,10-15,17,25H,3-7,9,16H2,1-2H3. The van der Waals surface area contributed by atoms with Crippen LogP contribution in [0.25, 0.3) is 16.6 Å². The van der Waals surface area contributed by atoms with Crippen molar-refractivity contribution >= 4 is 22.9 Å². The minimum Gasteiger partial charge on any atom is -0.384 e. The summed E-state index contributed by atoms with van der Waals surface area (Å²) in [6, 6.07) is 13.8. The van der Waals surface area contributed by atoms with E-state index in [1.54, 1.807) is 4.57 Å². The van der Waals surface area contributed by atoms with Crippen molar-refractivity contribution in [2.45, 2.75) is 52.4 Å². The van der Waals surface area contributed by atoms with Crippen LogP contribution in [0.3, 0.4) is 0 Å². The van der Waals surface area contributed by atoms with E-state index >= 15 is 0 Å².